The molecule has 4 aliphatic heterocycles. The molecule has 4 heterocycles. The molecule has 0 radical (unpaired) electrons. The first kappa shape index (κ1) is 50.5. The number of carbonyl (C=O) groups is 8. The topological polar surface area (TPSA) is 174 Å². The summed E-state index contributed by atoms with van der Waals surface area (Å²) in [6, 6.07) is 26.5. The Kier molecular flexibility index (Phi) is 15.2. The number of hydrogen-bond donors (Lipinski definition) is 0. The van der Waals surface area contributed by atoms with Gasteiger partial charge in [0, 0.05) is 113 Å². The fourth-order valence-corrected chi connectivity index (χ4v) is 11.1. The van der Waals surface area contributed by atoms with Crippen LogP contribution in [-0.2, 0) is 68.2 Å². The van der Waals surface area contributed by atoms with E-state index in [1.54, 1.807) is 34.9 Å². The van der Waals surface area contributed by atoms with E-state index in [0.717, 1.165) is 101 Å². The molecule has 16 nitrogen and oxygen atoms in total. The van der Waals surface area contributed by atoms with Crippen molar-refractivity contribution in [1.29, 1.82) is 0 Å². The van der Waals surface area contributed by atoms with Gasteiger partial charge >= 0.3 is 0 Å². The Morgan fingerprint density at radius 3 is 1.30 bits per heavy atom. The number of nitrogens with zero attached hydrogens (tertiary/aromatic N) is 6. The van der Waals surface area contributed by atoms with Gasteiger partial charge in [0.2, 0.25) is 11.8 Å². The Labute approximate surface area is 431 Å². The van der Waals surface area contributed by atoms with Gasteiger partial charge in [0.25, 0.3) is 11.8 Å². The predicted molar refractivity (Wildman–Crippen MR) is 272 cm³/mol. The van der Waals surface area contributed by atoms with Crippen LogP contribution in [0.4, 0.5) is 0 Å². The van der Waals surface area contributed by atoms with Crippen molar-refractivity contribution in [1.82, 2.24) is 29.4 Å². The lowest BCUT2D eigenvalue weighted by molar-refractivity contribution is -0.135. The molecular formula is C58H64N6O10. The third-order valence-corrected chi connectivity index (χ3v) is 15.6. The molecule has 3 saturated carbocycles. The summed E-state index contributed by atoms with van der Waals surface area (Å²) >= 11 is 0. The van der Waals surface area contributed by atoms with Gasteiger partial charge in [0.05, 0.1) is 38.0 Å². The number of piperazine rings is 2. The fourth-order valence-electron chi connectivity index (χ4n) is 11.1. The Morgan fingerprint density at radius 2 is 0.905 bits per heavy atom. The number of rotatable bonds is 13. The van der Waals surface area contributed by atoms with Crippen molar-refractivity contribution in [2.24, 2.45) is 5.92 Å². The third-order valence-electron chi connectivity index (χ3n) is 15.6. The van der Waals surface area contributed by atoms with E-state index in [0.29, 0.717) is 86.4 Å². The Balaban J connectivity index is 0.000000170. The van der Waals surface area contributed by atoms with Crippen LogP contribution in [0.2, 0.25) is 0 Å². The average molecular weight is 1010 g/mol. The van der Waals surface area contributed by atoms with Gasteiger partial charge in [-0.2, -0.15) is 0 Å². The lowest BCUT2D eigenvalue weighted by Crippen LogP contribution is -2.48. The van der Waals surface area contributed by atoms with Crippen molar-refractivity contribution >= 4 is 46.8 Å². The van der Waals surface area contributed by atoms with Gasteiger partial charge in [-0.05, 0) is 72.2 Å². The van der Waals surface area contributed by atoms with E-state index in [1.807, 2.05) is 28.0 Å². The highest BCUT2D eigenvalue weighted by Crippen LogP contribution is 2.37. The first-order chi connectivity index (χ1) is 35.8. The van der Waals surface area contributed by atoms with Gasteiger partial charge in [0.1, 0.15) is 36.3 Å². The van der Waals surface area contributed by atoms with E-state index < -0.39 is 12.1 Å². The molecule has 7 aliphatic rings. The van der Waals surface area contributed by atoms with E-state index in [9.17, 15) is 38.4 Å². The van der Waals surface area contributed by atoms with Gasteiger partial charge < -0.3 is 29.1 Å². The van der Waals surface area contributed by atoms with Crippen LogP contribution in [0.1, 0.15) is 112 Å². The minimum absolute atomic E-state index is 0.0478. The summed E-state index contributed by atoms with van der Waals surface area (Å²) in [5.74, 6) is 1.30. The lowest BCUT2D eigenvalue weighted by Gasteiger charge is -2.35. The van der Waals surface area contributed by atoms with Crippen molar-refractivity contribution in [3.63, 3.8) is 0 Å². The largest absolute Gasteiger partial charge is 0.489 e. The molecule has 11 rings (SSSR count). The van der Waals surface area contributed by atoms with Crippen molar-refractivity contribution in [3.05, 3.63) is 129 Å². The molecule has 16 heteroatoms. The molecule has 2 unspecified atom stereocenters. The third kappa shape index (κ3) is 11.5. The first-order valence-corrected chi connectivity index (χ1v) is 26.2. The zero-order valence-corrected chi connectivity index (χ0v) is 42.1. The number of ketones is 4. The second-order valence-corrected chi connectivity index (χ2v) is 20.8. The summed E-state index contributed by atoms with van der Waals surface area (Å²) in [4.78, 5) is 110. The van der Waals surface area contributed by atoms with Gasteiger partial charge in [-0.25, -0.2) is 0 Å². The first-order valence-electron chi connectivity index (χ1n) is 26.2. The Morgan fingerprint density at radius 1 is 0.500 bits per heavy atom. The summed E-state index contributed by atoms with van der Waals surface area (Å²) in [6.45, 7) is 11.5. The molecular weight excluding hydrogens is 941 g/mol. The minimum Gasteiger partial charge on any atom is -0.489 e. The van der Waals surface area contributed by atoms with Gasteiger partial charge in [-0.15, -0.1) is 0 Å². The maximum atomic E-state index is 13.0. The Hall–Kier alpha value is -7.04. The van der Waals surface area contributed by atoms with E-state index in [4.69, 9.17) is 9.47 Å². The summed E-state index contributed by atoms with van der Waals surface area (Å²) in [5, 5.41) is 0. The van der Waals surface area contributed by atoms with E-state index >= 15 is 0 Å². The zero-order valence-electron chi connectivity index (χ0n) is 42.1. The molecule has 2 atom stereocenters. The second kappa shape index (κ2) is 22.2. The van der Waals surface area contributed by atoms with E-state index in [-0.39, 0.29) is 53.7 Å². The molecule has 5 fully saturated rings. The van der Waals surface area contributed by atoms with Crippen molar-refractivity contribution in [2.75, 3.05) is 52.4 Å². The van der Waals surface area contributed by atoms with Crippen molar-refractivity contribution in [2.45, 2.75) is 110 Å². The number of carbonyl (C=O) groups excluding carboxylic acids is 8. The van der Waals surface area contributed by atoms with Gasteiger partial charge in [-0.3, -0.25) is 48.2 Å². The standard InChI is InChI=1S/C30H33N3O5.C28H31N3O5/c34-23-10-11-26(27(35)16-23)33-18-25-24(30(33)37)2-1-3-28(25)38-19-21-6-4-20(5-7-21)17-31-12-14-32(15-13-31)29(36)22-8-9-22;1-19(32)30-13-11-29(12-14-30)16-20-5-7-21(8-6-20)18-36-27-4-2-3-23-24(27)17-31(28(23)35)25-10-9-22(33)15-26(25)34/h1-7,22,26H,8-19H2;2-8,25H,9-18H2,1H3. The monoisotopic (exact) mass is 1000 g/mol. The molecule has 0 N–H and O–H groups in total. The predicted octanol–water partition coefficient (Wildman–Crippen LogP) is 5.54. The van der Waals surface area contributed by atoms with E-state index in [1.165, 1.54) is 11.1 Å². The molecule has 2 saturated heterocycles. The maximum absolute atomic E-state index is 13.0. The van der Waals surface area contributed by atoms with Crippen LogP contribution in [0.3, 0.4) is 0 Å². The number of fused-ring (bicyclic) bond motifs is 2. The van der Waals surface area contributed by atoms with Crippen LogP contribution >= 0.6 is 0 Å². The molecule has 0 aromatic heterocycles. The Bertz CT molecular complexity index is 2830. The number of amides is 4. The summed E-state index contributed by atoms with van der Waals surface area (Å²) in [7, 11) is 0. The molecule has 74 heavy (non-hydrogen) atoms. The highest BCUT2D eigenvalue weighted by molar-refractivity contribution is 6.08. The SMILES string of the molecule is CC(=O)N1CCN(Cc2ccc(COc3cccc4c3CN(C3CCC(=O)CC3=O)C4=O)cc2)CC1.O=C1CCC(N2Cc3c(OCc4ccc(CN5CCN(C(=O)C6CC6)CC5)cc4)cccc3C2=O)C(=O)C1. The molecule has 0 spiro atoms. The van der Waals surface area contributed by atoms with Crippen LogP contribution in [-0.4, -0.2) is 141 Å². The molecule has 4 aromatic carbocycles. The van der Waals surface area contributed by atoms with E-state index in [2.05, 4.69) is 58.3 Å². The fraction of sp³-hybridized carbons (Fsp3) is 0.448. The minimum atomic E-state index is -0.534. The second-order valence-electron chi connectivity index (χ2n) is 20.8. The van der Waals surface area contributed by atoms with Crippen LogP contribution in [0.5, 0.6) is 11.5 Å². The molecule has 3 aliphatic carbocycles. The highest BCUT2D eigenvalue weighted by atomic mass is 16.5. The number of benzene rings is 4. The average Bonchev–Trinajstić information content (AvgIpc) is 4.13. The zero-order chi connectivity index (χ0) is 51.5. The quantitative estimate of drug-likeness (QED) is 0.153. The van der Waals surface area contributed by atoms with Crippen LogP contribution in [0.25, 0.3) is 0 Å². The summed E-state index contributed by atoms with van der Waals surface area (Å²) < 4.78 is 12.3. The highest BCUT2D eigenvalue weighted by Gasteiger charge is 2.42. The molecule has 0 bridgehead atoms. The molecule has 4 aromatic rings. The normalized spacial score (nSPS) is 21.4. The molecule has 4 amide bonds. The van der Waals surface area contributed by atoms with Crippen LogP contribution in [0.15, 0.2) is 84.9 Å². The smallest absolute Gasteiger partial charge is 0.255 e. The van der Waals surface area contributed by atoms with Crippen LogP contribution in [0, 0.1) is 5.92 Å². The number of Topliss-reactive ketones (excluding diaryl/α,β-unsaturated/α-hetero) is 4. The van der Waals surface area contributed by atoms with Crippen LogP contribution < -0.4 is 9.47 Å². The summed E-state index contributed by atoms with van der Waals surface area (Å²) in [6.07, 6.45) is 3.42. The number of ether oxygens (including phenoxy) is 2. The summed E-state index contributed by atoms with van der Waals surface area (Å²) in [5.41, 5.74) is 7.25. The lowest BCUT2D eigenvalue weighted by atomic mass is 9.92. The van der Waals surface area contributed by atoms with Crippen molar-refractivity contribution < 1.29 is 47.8 Å². The van der Waals surface area contributed by atoms with Gasteiger partial charge in [-0.1, -0.05) is 60.7 Å². The maximum Gasteiger partial charge on any atom is 0.255 e. The van der Waals surface area contributed by atoms with Gasteiger partial charge in [0.15, 0.2) is 11.6 Å². The van der Waals surface area contributed by atoms with Crippen molar-refractivity contribution in [3.8, 4) is 11.5 Å². The number of hydrogen-bond acceptors (Lipinski definition) is 12. The molecule has 386 valence electrons.